The molecule has 1 fully saturated rings. The molecule has 0 amide bonds. The summed E-state index contributed by atoms with van der Waals surface area (Å²) in [6, 6.07) is 7.67. The molecule has 0 saturated carbocycles. The molecule has 172 valence electrons. The summed E-state index contributed by atoms with van der Waals surface area (Å²) in [5.41, 5.74) is 2.65. The molecule has 33 heavy (non-hydrogen) atoms. The maximum Gasteiger partial charge on any atom is 0.144 e. The number of anilines is 1. The molecule has 0 spiro atoms. The van der Waals surface area contributed by atoms with Gasteiger partial charge in [-0.2, -0.15) is 0 Å². The Morgan fingerprint density at radius 2 is 1.91 bits per heavy atom. The number of benzene rings is 1. The van der Waals surface area contributed by atoms with Crippen molar-refractivity contribution < 1.29 is 8.78 Å². The van der Waals surface area contributed by atoms with E-state index >= 15 is 0 Å². The van der Waals surface area contributed by atoms with E-state index in [-0.39, 0.29) is 21.9 Å². The van der Waals surface area contributed by atoms with Crippen molar-refractivity contribution in [2.24, 2.45) is 0 Å². The fraction of sp³-hybridized carbons (Fsp3) is 0.320. The maximum absolute atomic E-state index is 14.3. The second-order valence-electron chi connectivity index (χ2n) is 8.30. The van der Waals surface area contributed by atoms with Crippen LogP contribution >= 0.6 is 11.6 Å². The summed E-state index contributed by atoms with van der Waals surface area (Å²) >= 11 is 5.79. The Balaban J connectivity index is 1.59. The van der Waals surface area contributed by atoms with Crippen molar-refractivity contribution in [2.45, 2.75) is 25.8 Å². The van der Waals surface area contributed by atoms with Gasteiger partial charge in [-0.1, -0.05) is 25.1 Å². The number of fused-ring (bicyclic) bond motifs is 1. The second kappa shape index (κ2) is 9.53. The van der Waals surface area contributed by atoms with Crippen LogP contribution in [0, 0.1) is 17.0 Å². The van der Waals surface area contributed by atoms with E-state index < -0.39 is 11.6 Å². The minimum Gasteiger partial charge on any atom is -0.370 e. The average molecular weight is 470 g/mol. The van der Waals surface area contributed by atoms with E-state index in [1.165, 1.54) is 0 Å². The molecule has 1 aliphatic heterocycles. The Labute approximate surface area is 197 Å². The molecule has 0 aliphatic carbocycles. The van der Waals surface area contributed by atoms with Crippen molar-refractivity contribution in [2.75, 3.05) is 31.6 Å². The number of pyridine rings is 2. The third-order valence-corrected chi connectivity index (χ3v) is 6.66. The minimum atomic E-state index is -0.872. The number of hydrogen-bond acceptors (Lipinski definition) is 5. The first-order chi connectivity index (χ1) is 15.8. The van der Waals surface area contributed by atoms with Crippen LogP contribution in [-0.4, -0.2) is 53.3 Å². The zero-order valence-corrected chi connectivity index (χ0v) is 19.5. The van der Waals surface area contributed by atoms with Gasteiger partial charge < -0.3 is 9.80 Å². The molecule has 1 N–H and O–H groups in total. The highest BCUT2D eigenvalue weighted by Gasteiger charge is 2.22. The third-order valence-electron chi connectivity index (χ3n) is 6.37. The molecule has 3 aromatic rings. The van der Waals surface area contributed by atoms with E-state index in [2.05, 4.69) is 40.3 Å². The van der Waals surface area contributed by atoms with Gasteiger partial charge in [0, 0.05) is 43.4 Å². The molecule has 0 bridgehead atoms. The van der Waals surface area contributed by atoms with Gasteiger partial charge in [0.15, 0.2) is 0 Å². The van der Waals surface area contributed by atoms with Gasteiger partial charge in [-0.15, -0.1) is 0 Å². The van der Waals surface area contributed by atoms with Crippen molar-refractivity contribution in [3.63, 3.8) is 0 Å². The van der Waals surface area contributed by atoms with Crippen LogP contribution < -0.4 is 4.90 Å². The van der Waals surface area contributed by atoms with Gasteiger partial charge in [0.2, 0.25) is 0 Å². The van der Waals surface area contributed by atoms with Gasteiger partial charge >= 0.3 is 0 Å². The van der Waals surface area contributed by atoms with Crippen LogP contribution in [0.4, 0.5) is 14.5 Å². The van der Waals surface area contributed by atoms with Crippen LogP contribution in [0.1, 0.15) is 31.0 Å². The van der Waals surface area contributed by atoms with Gasteiger partial charge in [0.25, 0.3) is 0 Å². The summed E-state index contributed by atoms with van der Waals surface area (Å²) in [7, 11) is 2.08. The van der Waals surface area contributed by atoms with Crippen molar-refractivity contribution in [1.82, 2.24) is 14.9 Å². The predicted molar refractivity (Wildman–Crippen MR) is 130 cm³/mol. The molecular weight excluding hydrogens is 444 g/mol. The highest BCUT2D eigenvalue weighted by molar-refractivity contribution is 6.33. The van der Waals surface area contributed by atoms with Crippen LogP contribution in [0.15, 0.2) is 43.1 Å². The summed E-state index contributed by atoms with van der Waals surface area (Å²) in [5.74, 6) is -1.74. The maximum atomic E-state index is 14.3. The lowest BCUT2D eigenvalue weighted by Crippen LogP contribution is -2.43. The zero-order chi connectivity index (χ0) is 23.7. The molecule has 8 heteroatoms. The van der Waals surface area contributed by atoms with E-state index in [9.17, 15) is 8.78 Å². The van der Waals surface area contributed by atoms with Crippen LogP contribution in [-0.2, 0) is 0 Å². The standard InChI is InChI=1S/C25H26ClF2N5/c1-4-33-9-7-16(8-10-33)32(3)17-11-24-23(30-14-17)6-5-22(31-24)15(2)25(29)18-12-19(26)21(28)13-20(18)27/h5-6,11-14,16,29H,2,4,7-10H2,1,3H3. The summed E-state index contributed by atoms with van der Waals surface area (Å²) < 4.78 is 27.8. The lowest BCUT2D eigenvalue weighted by Gasteiger charge is -2.37. The zero-order valence-electron chi connectivity index (χ0n) is 18.7. The normalized spacial score (nSPS) is 15.1. The average Bonchev–Trinajstić information content (AvgIpc) is 2.84. The largest absolute Gasteiger partial charge is 0.370 e. The summed E-state index contributed by atoms with van der Waals surface area (Å²) in [5, 5.41) is 8.12. The quantitative estimate of drug-likeness (QED) is 0.379. The first-order valence-corrected chi connectivity index (χ1v) is 11.3. The monoisotopic (exact) mass is 469 g/mol. The number of halogens is 3. The molecule has 1 saturated heterocycles. The molecule has 1 aromatic carbocycles. The highest BCUT2D eigenvalue weighted by atomic mass is 35.5. The highest BCUT2D eigenvalue weighted by Crippen LogP contribution is 2.27. The van der Waals surface area contributed by atoms with Crippen LogP contribution in [0.3, 0.4) is 0 Å². The van der Waals surface area contributed by atoms with E-state index in [4.69, 9.17) is 17.0 Å². The van der Waals surface area contributed by atoms with E-state index in [1.807, 2.05) is 12.3 Å². The molecule has 3 heterocycles. The number of likely N-dealkylation sites (tertiary alicyclic amines) is 1. The third kappa shape index (κ3) is 4.75. The number of rotatable bonds is 6. The number of nitrogens with one attached hydrogen (secondary N) is 1. The van der Waals surface area contributed by atoms with Gasteiger partial charge in [-0.05, 0) is 43.7 Å². The number of aromatic nitrogens is 2. The topological polar surface area (TPSA) is 56.1 Å². The molecule has 5 nitrogen and oxygen atoms in total. The number of nitrogens with zero attached hydrogens (tertiary/aromatic N) is 4. The smallest absolute Gasteiger partial charge is 0.144 e. The van der Waals surface area contributed by atoms with Crippen molar-refractivity contribution in [3.8, 4) is 0 Å². The number of allylic oxidation sites excluding steroid dienone is 1. The SMILES string of the molecule is C=C(C(=N)c1cc(Cl)c(F)cc1F)c1ccc2ncc(N(C)C3CCN(CC)CC3)cc2n1. The molecular formula is C25H26ClF2N5. The molecule has 0 radical (unpaired) electrons. The van der Waals surface area contributed by atoms with Gasteiger partial charge in [-0.3, -0.25) is 10.4 Å². The minimum absolute atomic E-state index is 0.127. The van der Waals surface area contributed by atoms with E-state index in [1.54, 1.807) is 12.1 Å². The Morgan fingerprint density at radius 1 is 1.18 bits per heavy atom. The molecule has 0 unspecified atom stereocenters. The number of piperidine rings is 1. The van der Waals surface area contributed by atoms with E-state index in [0.717, 1.165) is 44.2 Å². The second-order valence-corrected chi connectivity index (χ2v) is 8.71. The number of hydrogen-bond donors (Lipinski definition) is 1. The Morgan fingerprint density at radius 3 is 2.61 bits per heavy atom. The Bertz CT molecular complexity index is 1220. The lowest BCUT2D eigenvalue weighted by molar-refractivity contribution is 0.221. The molecule has 1 aliphatic rings. The molecule has 4 rings (SSSR count). The molecule has 2 aromatic heterocycles. The van der Waals surface area contributed by atoms with Gasteiger partial charge in [0.1, 0.15) is 11.6 Å². The first-order valence-electron chi connectivity index (χ1n) is 10.9. The summed E-state index contributed by atoms with van der Waals surface area (Å²) in [6.45, 7) is 9.35. The van der Waals surface area contributed by atoms with Gasteiger partial charge in [-0.25, -0.2) is 13.8 Å². The Kier molecular flexibility index (Phi) is 6.72. The summed E-state index contributed by atoms with van der Waals surface area (Å²) in [4.78, 5) is 13.9. The van der Waals surface area contributed by atoms with Gasteiger partial charge in [0.05, 0.1) is 39.3 Å². The fourth-order valence-electron chi connectivity index (χ4n) is 4.20. The van der Waals surface area contributed by atoms with Crippen LogP contribution in [0.2, 0.25) is 5.02 Å². The van der Waals surface area contributed by atoms with E-state index in [0.29, 0.717) is 28.8 Å². The predicted octanol–water partition coefficient (Wildman–Crippen LogP) is 5.56. The molecule has 0 atom stereocenters. The van der Waals surface area contributed by atoms with Crippen molar-refractivity contribution >= 4 is 39.6 Å². The Hall–Kier alpha value is -2.90. The first kappa shape index (κ1) is 23.3. The van der Waals surface area contributed by atoms with Crippen LogP contribution in [0.5, 0.6) is 0 Å². The fourth-order valence-corrected chi connectivity index (χ4v) is 4.36. The summed E-state index contributed by atoms with van der Waals surface area (Å²) in [6.07, 6.45) is 4.04. The van der Waals surface area contributed by atoms with Crippen molar-refractivity contribution in [3.05, 3.63) is 71.0 Å². The lowest BCUT2D eigenvalue weighted by atomic mass is 10.00. The van der Waals surface area contributed by atoms with Crippen molar-refractivity contribution in [1.29, 1.82) is 5.41 Å². The van der Waals surface area contributed by atoms with Crippen LogP contribution in [0.25, 0.3) is 16.6 Å².